The van der Waals surface area contributed by atoms with Crippen LogP contribution in [0.15, 0.2) is 0 Å². The van der Waals surface area contributed by atoms with Crippen LogP contribution >= 0.6 is 0 Å². The molecule has 2 aliphatic heterocycles. The lowest BCUT2D eigenvalue weighted by atomic mass is 10.0. The molecular weight excluding hydrogens is 230 g/mol. The zero-order chi connectivity index (χ0) is 12.5. The average Bonchev–Trinajstić information content (AvgIpc) is 3.23. The zero-order valence-corrected chi connectivity index (χ0v) is 10.9. The fourth-order valence-electron chi connectivity index (χ4n) is 3.33. The summed E-state index contributed by atoms with van der Waals surface area (Å²) in [4.78, 5) is 17.6. The Morgan fingerprint density at radius 1 is 0.889 bits per heavy atom. The molecule has 1 amide bonds. The Labute approximate surface area is 108 Å². The normalized spacial score (nSPS) is 31.6. The van der Waals surface area contributed by atoms with Gasteiger partial charge in [-0.25, -0.2) is 4.79 Å². The first kappa shape index (κ1) is 12.2. The van der Waals surface area contributed by atoms with Crippen LogP contribution < -0.4 is 0 Å². The van der Waals surface area contributed by atoms with Crippen LogP contribution in [0.1, 0.15) is 25.7 Å². The molecule has 3 fully saturated rings. The first-order valence-electron chi connectivity index (χ1n) is 7.20. The maximum Gasteiger partial charge on any atom is 0.407 e. The summed E-state index contributed by atoms with van der Waals surface area (Å²) in [6.07, 6.45) is 4.60. The molecule has 0 spiro atoms. The molecule has 0 radical (unpaired) electrons. The first-order chi connectivity index (χ1) is 8.74. The standard InChI is InChI=1S/C13H23N3O2/c17-13(18)15-8-6-14(7-9-15)12-2-1-5-16(10-12)11-3-4-11/h11-12H,1-10H2,(H,17,18). The molecule has 3 rings (SSSR count). The van der Waals surface area contributed by atoms with Crippen LogP contribution in [-0.4, -0.2) is 77.3 Å². The SMILES string of the molecule is O=C(O)N1CCN(C2CCCN(C3CC3)C2)CC1. The number of nitrogens with zero attached hydrogens (tertiary/aromatic N) is 3. The van der Waals surface area contributed by atoms with Crippen molar-refractivity contribution in [3.05, 3.63) is 0 Å². The fraction of sp³-hybridized carbons (Fsp3) is 0.923. The molecule has 5 heteroatoms. The molecule has 1 saturated carbocycles. The number of carbonyl (C=O) groups is 1. The van der Waals surface area contributed by atoms with Crippen LogP contribution in [0, 0.1) is 0 Å². The van der Waals surface area contributed by atoms with Crippen molar-refractivity contribution in [3.63, 3.8) is 0 Å². The summed E-state index contributed by atoms with van der Waals surface area (Å²) in [6.45, 7) is 5.66. The second kappa shape index (κ2) is 5.05. The highest BCUT2D eigenvalue weighted by Gasteiger charge is 2.35. The van der Waals surface area contributed by atoms with Crippen LogP contribution in [0.3, 0.4) is 0 Å². The summed E-state index contributed by atoms with van der Waals surface area (Å²) in [5.74, 6) is 0. The molecule has 2 heterocycles. The predicted octanol–water partition coefficient (Wildman–Crippen LogP) is 0.909. The third kappa shape index (κ3) is 2.62. The summed E-state index contributed by atoms with van der Waals surface area (Å²) >= 11 is 0. The van der Waals surface area contributed by atoms with E-state index >= 15 is 0 Å². The van der Waals surface area contributed by atoms with Gasteiger partial charge in [0.05, 0.1) is 0 Å². The third-order valence-corrected chi connectivity index (χ3v) is 4.59. The zero-order valence-electron chi connectivity index (χ0n) is 10.9. The molecule has 1 aliphatic carbocycles. The third-order valence-electron chi connectivity index (χ3n) is 4.59. The van der Waals surface area contributed by atoms with E-state index in [1.807, 2.05) is 0 Å². The van der Waals surface area contributed by atoms with Gasteiger partial charge in [0.25, 0.3) is 0 Å². The van der Waals surface area contributed by atoms with Gasteiger partial charge >= 0.3 is 6.09 Å². The van der Waals surface area contributed by atoms with Crippen LogP contribution in [0.25, 0.3) is 0 Å². The fourth-order valence-corrected chi connectivity index (χ4v) is 3.33. The van der Waals surface area contributed by atoms with Gasteiger partial charge in [0.2, 0.25) is 0 Å². The van der Waals surface area contributed by atoms with Crippen LogP contribution in [-0.2, 0) is 0 Å². The number of carboxylic acid groups (broad SMARTS) is 1. The molecule has 0 bridgehead atoms. The van der Waals surface area contributed by atoms with Crippen molar-refractivity contribution in [2.45, 2.75) is 37.8 Å². The molecule has 0 aromatic heterocycles. The second-order valence-electron chi connectivity index (χ2n) is 5.83. The molecule has 3 aliphatic rings. The molecule has 0 aromatic rings. The van der Waals surface area contributed by atoms with Gasteiger partial charge in [-0.2, -0.15) is 0 Å². The maximum atomic E-state index is 10.9. The summed E-state index contributed by atoms with van der Waals surface area (Å²) in [7, 11) is 0. The topological polar surface area (TPSA) is 47.0 Å². The summed E-state index contributed by atoms with van der Waals surface area (Å²) in [5, 5.41) is 8.96. The number of rotatable bonds is 2. The molecule has 5 nitrogen and oxygen atoms in total. The number of piperidine rings is 1. The molecule has 0 aromatic carbocycles. The molecule has 1 atom stereocenters. The molecule has 2 saturated heterocycles. The van der Waals surface area contributed by atoms with E-state index in [-0.39, 0.29) is 0 Å². The van der Waals surface area contributed by atoms with E-state index in [4.69, 9.17) is 5.11 Å². The largest absolute Gasteiger partial charge is 0.465 e. The van der Waals surface area contributed by atoms with Crippen molar-refractivity contribution in [3.8, 4) is 0 Å². The average molecular weight is 253 g/mol. The number of hydrogen-bond acceptors (Lipinski definition) is 3. The first-order valence-corrected chi connectivity index (χ1v) is 7.20. The van der Waals surface area contributed by atoms with Crippen LogP contribution in [0.4, 0.5) is 4.79 Å². The Kier molecular flexibility index (Phi) is 3.43. The molecule has 18 heavy (non-hydrogen) atoms. The van der Waals surface area contributed by atoms with Gasteiger partial charge in [0, 0.05) is 44.8 Å². The smallest absolute Gasteiger partial charge is 0.407 e. The molecule has 1 N–H and O–H groups in total. The van der Waals surface area contributed by atoms with Gasteiger partial charge in [-0.3, -0.25) is 9.80 Å². The lowest BCUT2D eigenvalue weighted by Crippen LogP contribution is -2.56. The van der Waals surface area contributed by atoms with Gasteiger partial charge in [0.15, 0.2) is 0 Å². The van der Waals surface area contributed by atoms with E-state index in [2.05, 4.69) is 9.80 Å². The van der Waals surface area contributed by atoms with Crippen molar-refractivity contribution in [2.24, 2.45) is 0 Å². The Morgan fingerprint density at radius 2 is 1.61 bits per heavy atom. The molecular formula is C13H23N3O2. The monoisotopic (exact) mass is 253 g/mol. The predicted molar refractivity (Wildman–Crippen MR) is 68.8 cm³/mol. The van der Waals surface area contributed by atoms with Crippen LogP contribution in [0.2, 0.25) is 0 Å². The number of hydrogen-bond donors (Lipinski definition) is 1. The molecule has 1 unspecified atom stereocenters. The maximum absolute atomic E-state index is 10.9. The minimum absolute atomic E-state index is 0.662. The van der Waals surface area contributed by atoms with E-state index < -0.39 is 6.09 Å². The van der Waals surface area contributed by atoms with Crippen molar-refractivity contribution < 1.29 is 9.90 Å². The van der Waals surface area contributed by atoms with E-state index in [0.717, 1.165) is 19.1 Å². The number of likely N-dealkylation sites (tertiary alicyclic amines) is 1. The second-order valence-corrected chi connectivity index (χ2v) is 5.83. The summed E-state index contributed by atoms with van der Waals surface area (Å²) < 4.78 is 0. The number of amides is 1. The molecule has 102 valence electrons. The highest BCUT2D eigenvalue weighted by atomic mass is 16.4. The Morgan fingerprint density at radius 3 is 2.22 bits per heavy atom. The van der Waals surface area contributed by atoms with Gasteiger partial charge in [-0.15, -0.1) is 0 Å². The van der Waals surface area contributed by atoms with Gasteiger partial charge in [-0.05, 0) is 32.2 Å². The van der Waals surface area contributed by atoms with E-state index in [1.54, 1.807) is 0 Å². The minimum atomic E-state index is -0.766. The highest BCUT2D eigenvalue weighted by molar-refractivity contribution is 5.65. The number of piperazine rings is 1. The van der Waals surface area contributed by atoms with Gasteiger partial charge in [0.1, 0.15) is 0 Å². The summed E-state index contributed by atoms with van der Waals surface area (Å²) in [6, 6.07) is 1.53. The summed E-state index contributed by atoms with van der Waals surface area (Å²) in [5.41, 5.74) is 0. The Balaban J connectivity index is 1.50. The lowest BCUT2D eigenvalue weighted by molar-refractivity contribution is 0.0497. The van der Waals surface area contributed by atoms with Gasteiger partial charge in [-0.1, -0.05) is 0 Å². The van der Waals surface area contributed by atoms with E-state index in [9.17, 15) is 4.79 Å². The Hall–Kier alpha value is -0.810. The Bertz CT molecular complexity index is 311. The lowest BCUT2D eigenvalue weighted by Gasteiger charge is -2.43. The van der Waals surface area contributed by atoms with Crippen molar-refractivity contribution in [1.29, 1.82) is 0 Å². The minimum Gasteiger partial charge on any atom is -0.465 e. The van der Waals surface area contributed by atoms with Crippen molar-refractivity contribution in [1.82, 2.24) is 14.7 Å². The van der Waals surface area contributed by atoms with Crippen LogP contribution in [0.5, 0.6) is 0 Å². The van der Waals surface area contributed by atoms with Gasteiger partial charge < -0.3 is 10.0 Å². The van der Waals surface area contributed by atoms with E-state index in [1.165, 1.54) is 43.7 Å². The quantitative estimate of drug-likeness (QED) is 0.794. The van der Waals surface area contributed by atoms with Crippen molar-refractivity contribution in [2.75, 3.05) is 39.3 Å². The van der Waals surface area contributed by atoms with E-state index in [0.29, 0.717) is 19.1 Å². The highest BCUT2D eigenvalue weighted by Crippen LogP contribution is 2.30. The van der Waals surface area contributed by atoms with Crippen molar-refractivity contribution >= 4 is 6.09 Å².